The second kappa shape index (κ2) is 11.7. The molecule has 236 valence electrons. The third-order valence-corrected chi connectivity index (χ3v) is 10.5. The smallest absolute Gasteiger partial charge is 0.152 e. The fourth-order valence-electron chi connectivity index (χ4n) is 7.96. The van der Waals surface area contributed by atoms with E-state index in [0.29, 0.717) is 5.92 Å². The minimum Gasteiger partial charge on any atom is -0.455 e. The van der Waals surface area contributed by atoms with Crippen molar-refractivity contribution >= 4 is 66.6 Å². The highest BCUT2D eigenvalue weighted by molar-refractivity contribution is 6.30. The summed E-state index contributed by atoms with van der Waals surface area (Å²) in [5.74, 6) is 0.426. The van der Waals surface area contributed by atoms with Crippen molar-refractivity contribution in [2.45, 2.75) is 25.2 Å². The van der Waals surface area contributed by atoms with E-state index in [0.717, 1.165) is 74.5 Å². The number of nitrogens with zero attached hydrogens (tertiary/aromatic N) is 1. The number of hydrogen-bond donors (Lipinski definition) is 0. The third-order valence-electron chi connectivity index (χ3n) is 10.5. The van der Waals surface area contributed by atoms with E-state index < -0.39 is 0 Å². The first kappa shape index (κ1) is 28.7. The zero-order valence-corrected chi connectivity index (χ0v) is 27.6. The molecule has 1 unspecified atom stereocenters. The van der Waals surface area contributed by atoms with Crippen LogP contribution in [0.1, 0.15) is 35.4 Å². The molecule has 1 atom stereocenters. The molecule has 0 saturated carbocycles. The number of anilines is 3. The predicted molar refractivity (Wildman–Crippen MR) is 210 cm³/mol. The van der Waals surface area contributed by atoms with Gasteiger partial charge in [-0.15, -0.1) is 0 Å². The molecule has 2 heteroatoms. The molecule has 0 spiro atoms. The molecule has 1 aromatic heterocycles. The summed E-state index contributed by atoms with van der Waals surface area (Å²) in [5, 5.41) is 6.76. The molecule has 0 saturated heterocycles. The van der Waals surface area contributed by atoms with Crippen molar-refractivity contribution in [2.24, 2.45) is 0 Å². The summed E-state index contributed by atoms with van der Waals surface area (Å²) in [6.07, 6.45) is 16.6. The van der Waals surface area contributed by atoms with Gasteiger partial charge in [-0.05, 0) is 119 Å². The standard InChI is InChI=1S/C48H33NO/c1-2-10-32(11-3-1)34-18-24-38(25-19-34)49(40-28-22-33-12-4-5-13-36(33)30-40)39-26-20-35(21-27-39)37-23-29-46-45(31-37)47-43-16-8-6-14-41(43)42-15-7-9-17-44(42)48(47)50-46/h1-4,6-8,10,12,14-16,18-32H,5,11,13H2. The Labute approximate surface area is 291 Å². The number of benzene rings is 6. The van der Waals surface area contributed by atoms with Gasteiger partial charge < -0.3 is 9.32 Å². The Morgan fingerprint density at radius 3 is 2.30 bits per heavy atom. The van der Waals surface area contributed by atoms with E-state index in [1.807, 2.05) is 6.07 Å². The lowest BCUT2D eigenvalue weighted by molar-refractivity contribution is 0.673. The highest BCUT2D eigenvalue weighted by Gasteiger charge is 2.19. The molecule has 0 radical (unpaired) electrons. The summed E-state index contributed by atoms with van der Waals surface area (Å²) in [7, 11) is 0. The lowest BCUT2D eigenvalue weighted by Crippen LogP contribution is -2.11. The van der Waals surface area contributed by atoms with Crippen molar-refractivity contribution in [2.75, 3.05) is 4.90 Å². The van der Waals surface area contributed by atoms with Crippen molar-refractivity contribution in [3.63, 3.8) is 0 Å². The van der Waals surface area contributed by atoms with E-state index in [4.69, 9.17) is 4.42 Å². The molecule has 2 aliphatic carbocycles. The number of hydrogen-bond acceptors (Lipinski definition) is 2. The Morgan fingerprint density at radius 1 is 0.660 bits per heavy atom. The topological polar surface area (TPSA) is 16.4 Å². The Bertz CT molecular complexity index is 2670. The molecule has 2 aliphatic rings. The van der Waals surface area contributed by atoms with Gasteiger partial charge >= 0.3 is 0 Å². The lowest BCUT2D eigenvalue weighted by atomic mass is 9.92. The van der Waals surface area contributed by atoms with Gasteiger partial charge in [0, 0.05) is 39.1 Å². The van der Waals surface area contributed by atoms with Gasteiger partial charge in [0.1, 0.15) is 5.58 Å². The van der Waals surface area contributed by atoms with Crippen LogP contribution in [-0.4, -0.2) is 0 Å². The zero-order valence-electron chi connectivity index (χ0n) is 27.6. The van der Waals surface area contributed by atoms with Gasteiger partial charge in [0.15, 0.2) is 5.58 Å². The summed E-state index contributed by atoms with van der Waals surface area (Å²) in [6, 6.07) is 50.7. The molecule has 0 fully saturated rings. The maximum Gasteiger partial charge on any atom is 0.152 e. The molecule has 0 N–H and O–H groups in total. The molecular formula is C48H33NO. The van der Waals surface area contributed by atoms with Crippen LogP contribution in [0.25, 0.3) is 60.7 Å². The van der Waals surface area contributed by atoms with E-state index in [1.54, 1.807) is 0 Å². The van der Waals surface area contributed by atoms with Gasteiger partial charge in [0.05, 0.1) is 5.39 Å². The monoisotopic (exact) mass is 639 g/mol. The molecule has 1 heterocycles. The van der Waals surface area contributed by atoms with Gasteiger partial charge in [-0.1, -0.05) is 109 Å². The molecule has 2 nitrogen and oxygen atoms in total. The van der Waals surface area contributed by atoms with Crippen LogP contribution in [-0.2, 0) is 6.42 Å². The van der Waals surface area contributed by atoms with E-state index in [1.165, 1.54) is 33.2 Å². The number of rotatable bonds is 5. The van der Waals surface area contributed by atoms with E-state index in [-0.39, 0.29) is 0 Å². The van der Waals surface area contributed by atoms with Crippen LogP contribution in [0.5, 0.6) is 0 Å². The van der Waals surface area contributed by atoms with Gasteiger partial charge in [-0.2, -0.15) is 0 Å². The number of fused-ring (bicyclic) bond motifs is 9. The van der Waals surface area contributed by atoms with Gasteiger partial charge in [-0.25, -0.2) is 0 Å². The Balaban J connectivity index is 1.06. The van der Waals surface area contributed by atoms with Crippen LogP contribution in [0.3, 0.4) is 0 Å². The van der Waals surface area contributed by atoms with Crippen LogP contribution in [0, 0.1) is 12.1 Å². The summed E-state index contributed by atoms with van der Waals surface area (Å²) < 4.78 is 6.53. The van der Waals surface area contributed by atoms with Gasteiger partial charge in [0.25, 0.3) is 0 Å². The molecular weight excluding hydrogens is 607 g/mol. The van der Waals surface area contributed by atoms with Crippen molar-refractivity contribution in [3.05, 3.63) is 181 Å². The first-order chi connectivity index (χ1) is 24.8. The van der Waals surface area contributed by atoms with E-state index in [9.17, 15) is 0 Å². The average Bonchev–Trinajstić information content (AvgIpc) is 3.58. The van der Waals surface area contributed by atoms with Crippen molar-refractivity contribution in [1.82, 2.24) is 0 Å². The minimum atomic E-state index is 0.426. The first-order valence-electron chi connectivity index (χ1n) is 17.5. The predicted octanol–water partition coefficient (Wildman–Crippen LogP) is 13.2. The third kappa shape index (κ3) is 4.74. The van der Waals surface area contributed by atoms with Crippen LogP contribution in [0.2, 0.25) is 0 Å². The summed E-state index contributed by atoms with van der Waals surface area (Å²) >= 11 is 0. The minimum absolute atomic E-state index is 0.426. The molecule has 50 heavy (non-hydrogen) atoms. The fraction of sp³-hybridized carbons (Fsp3) is 0.0833. The molecule has 8 aromatic rings. The molecule has 0 amide bonds. The Morgan fingerprint density at radius 2 is 1.46 bits per heavy atom. The molecule has 0 bridgehead atoms. The largest absolute Gasteiger partial charge is 0.455 e. The number of allylic oxidation sites excluding steroid dienone is 5. The van der Waals surface area contributed by atoms with Gasteiger partial charge in [0.2, 0.25) is 0 Å². The second-order valence-corrected chi connectivity index (χ2v) is 13.4. The SMILES string of the molecule is c1ccc2c(c#1)c1oc3ccc(-c4ccc(N(c5ccc(C6C=CC=CC6)cc5)c5ccc6c(c5)CCC=C6)cc4)cc3c1c1ccccc21. The Hall–Kier alpha value is -6.30. The van der Waals surface area contributed by atoms with Crippen molar-refractivity contribution in [3.8, 4) is 11.1 Å². The molecule has 7 aromatic carbocycles. The molecule has 10 rings (SSSR count). The first-order valence-corrected chi connectivity index (χ1v) is 17.5. The van der Waals surface area contributed by atoms with E-state index in [2.05, 4.69) is 169 Å². The van der Waals surface area contributed by atoms with Crippen LogP contribution in [0.15, 0.2) is 156 Å². The molecule has 0 aliphatic heterocycles. The number of furan rings is 1. The van der Waals surface area contributed by atoms with Crippen LogP contribution < -0.4 is 4.90 Å². The second-order valence-electron chi connectivity index (χ2n) is 13.4. The quantitative estimate of drug-likeness (QED) is 0.186. The van der Waals surface area contributed by atoms with Gasteiger partial charge in [-0.3, -0.25) is 0 Å². The maximum atomic E-state index is 6.53. The Kier molecular flexibility index (Phi) is 6.71. The van der Waals surface area contributed by atoms with E-state index >= 15 is 0 Å². The van der Waals surface area contributed by atoms with Crippen LogP contribution in [0.4, 0.5) is 17.1 Å². The van der Waals surface area contributed by atoms with Crippen molar-refractivity contribution < 1.29 is 4.42 Å². The fourth-order valence-corrected chi connectivity index (χ4v) is 7.96. The average molecular weight is 640 g/mol. The number of aryl methyl sites for hydroxylation is 1. The highest BCUT2D eigenvalue weighted by Crippen LogP contribution is 2.42. The van der Waals surface area contributed by atoms with Crippen LogP contribution >= 0.6 is 0 Å². The van der Waals surface area contributed by atoms with Crippen molar-refractivity contribution in [1.29, 1.82) is 0 Å². The summed E-state index contributed by atoms with van der Waals surface area (Å²) in [4.78, 5) is 2.39. The normalized spacial score (nSPS) is 15.2. The summed E-state index contributed by atoms with van der Waals surface area (Å²) in [6.45, 7) is 0. The highest BCUT2D eigenvalue weighted by atomic mass is 16.3. The lowest BCUT2D eigenvalue weighted by Gasteiger charge is -2.27. The maximum absolute atomic E-state index is 6.53. The summed E-state index contributed by atoms with van der Waals surface area (Å²) in [5.41, 5.74) is 11.6. The zero-order chi connectivity index (χ0) is 33.0.